The standard InChI is InChI=1S/C14H21N3O.ClH/c1-12(17-10-5-8-15-9-11-17)14(18)16-13-6-3-2-4-7-13;/h2-4,6-7,12,15H,5,8-11H2,1H3,(H,16,18);1H. The topological polar surface area (TPSA) is 44.4 Å². The highest BCUT2D eigenvalue weighted by Crippen LogP contribution is 2.09. The van der Waals surface area contributed by atoms with Crippen LogP contribution in [0.25, 0.3) is 0 Å². The summed E-state index contributed by atoms with van der Waals surface area (Å²) >= 11 is 0. The number of anilines is 1. The van der Waals surface area contributed by atoms with E-state index in [1.54, 1.807) is 0 Å². The highest BCUT2D eigenvalue weighted by molar-refractivity contribution is 5.94. The van der Waals surface area contributed by atoms with Crippen LogP contribution in [0.1, 0.15) is 13.3 Å². The summed E-state index contributed by atoms with van der Waals surface area (Å²) in [6, 6.07) is 9.54. The second-order valence-corrected chi connectivity index (χ2v) is 4.67. The molecule has 1 fully saturated rings. The summed E-state index contributed by atoms with van der Waals surface area (Å²) < 4.78 is 0. The normalized spacial score (nSPS) is 17.9. The van der Waals surface area contributed by atoms with Gasteiger partial charge < -0.3 is 10.6 Å². The van der Waals surface area contributed by atoms with Crippen LogP contribution in [0.15, 0.2) is 30.3 Å². The number of amides is 1. The Morgan fingerprint density at radius 2 is 2.00 bits per heavy atom. The molecule has 1 atom stereocenters. The molecule has 106 valence electrons. The average Bonchev–Trinajstić information content (AvgIpc) is 2.68. The minimum Gasteiger partial charge on any atom is -0.325 e. The van der Waals surface area contributed by atoms with Crippen molar-refractivity contribution in [1.82, 2.24) is 10.2 Å². The summed E-state index contributed by atoms with van der Waals surface area (Å²) in [6.45, 7) is 5.90. The quantitative estimate of drug-likeness (QED) is 0.888. The lowest BCUT2D eigenvalue weighted by molar-refractivity contribution is -0.120. The molecule has 1 heterocycles. The van der Waals surface area contributed by atoms with Crippen LogP contribution in [-0.2, 0) is 4.79 Å². The van der Waals surface area contributed by atoms with E-state index < -0.39 is 0 Å². The SMILES string of the molecule is CC(C(=O)Nc1ccccc1)N1CCCNCC1.Cl. The van der Waals surface area contributed by atoms with Gasteiger partial charge >= 0.3 is 0 Å². The van der Waals surface area contributed by atoms with E-state index in [9.17, 15) is 4.79 Å². The van der Waals surface area contributed by atoms with Crippen molar-refractivity contribution in [2.75, 3.05) is 31.5 Å². The summed E-state index contributed by atoms with van der Waals surface area (Å²) in [5, 5.41) is 6.31. The number of benzene rings is 1. The number of para-hydroxylation sites is 1. The van der Waals surface area contributed by atoms with Gasteiger partial charge in [-0.25, -0.2) is 0 Å². The second kappa shape index (κ2) is 8.15. The maximum absolute atomic E-state index is 12.2. The van der Waals surface area contributed by atoms with E-state index in [-0.39, 0.29) is 24.4 Å². The van der Waals surface area contributed by atoms with Crippen molar-refractivity contribution in [3.8, 4) is 0 Å². The van der Waals surface area contributed by atoms with Gasteiger partial charge in [0.05, 0.1) is 6.04 Å². The number of hydrogen-bond donors (Lipinski definition) is 2. The first-order valence-corrected chi connectivity index (χ1v) is 6.58. The predicted octanol–water partition coefficient (Wildman–Crippen LogP) is 1.73. The summed E-state index contributed by atoms with van der Waals surface area (Å²) in [6.07, 6.45) is 1.10. The first-order chi connectivity index (χ1) is 8.77. The number of rotatable bonds is 3. The molecule has 0 saturated carbocycles. The highest BCUT2D eigenvalue weighted by atomic mass is 35.5. The van der Waals surface area contributed by atoms with E-state index in [0.717, 1.165) is 38.3 Å². The molecule has 1 unspecified atom stereocenters. The summed E-state index contributed by atoms with van der Waals surface area (Å²) in [7, 11) is 0. The van der Waals surface area contributed by atoms with Gasteiger partial charge in [0.15, 0.2) is 0 Å². The van der Waals surface area contributed by atoms with Crippen LogP contribution in [0.2, 0.25) is 0 Å². The van der Waals surface area contributed by atoms with Crippen LogP contribution in [0, 0.1) is 0 Å². The zero-order valence-electron chi connectivity index (χ0n) is 11.3. The molecule has 19 heavy (non-hydrogen) atoms. The van der Waals surface area contributed by atoms with Gasteiger partial charge in [-0.05, 0) is 32.0 Å². The largest absolute Gasteiger partial charge is 0.325 e. The Balaban J connectivity index is 0.00000180. The Morgan fingerprint density at radius 3 is 2.74 bits per heavy atom. The molecule has 0 radical (unpaired) electrons. The van der Waals surface area contributed by atoms with Crippen molar-refractivity contribution in [2.24, 2.45) is 0 Å². The lowest BCUT2D eigenvalue weighted by Gasteiger charge is -2.26. The maximum atomic E-state index is 12.2. The Hall–Kier alpha value is -1.10. The minimum absolute atomic E-state index is 0. The number of nitrogens with one attached hydrogen (secondary N) is 2. The smallest absolute Gasteiger partial charge is 0.241 e. The van der Waals surface area contributed by atoms with Crippen LogP contribution in [0.3, 0.4) is 0 Å². The first-order valence-electron chi connectivity index (χ1n) is 6.58. The Morgan fingerprint density at radius 1 is 1.26 bits per heavy atom. The van der Waals surface area contributed by atoms with Gasteiger partial charge in [0.2, 0.25) is 5.91 Å². The lowest BCUT2D eigenvalue weighted by Crippen LogP contribution is -2.43. The van der Waals surface area contributed by atoms with Gasteiger partial charge in [-0.3, -0.25) is 9.69 Å². The fourth-order valence-electron chi connectivity index (χ4n) is 2.19. The Kier molecular flexibility index (Phi) is 6.84. The van der Waals surface area contributed by atoms with E-state index in [1.807, 2.05) is 37.3 Å². The number of hydrogen-bond acceptors (Lipinski definition) is 3. The summed E-state index contributed by atoms with van der Waals surface area (Å²) in [5.41, 5.74) is 0.863. The molecule has 0 spiro atoms. The molecule has 0 aromatic heterocycles. The minimum atomic E-state index is -0.0786. The van der Waals surface area contributed by atoms with Crippen LogP contribution < -0.4 is 10.6 Å². The van der Waals surface area contributed by atoms with Crippen LogP contribution in [0.5, 0.6) is 0 Å². The molecule has 2 N–H and O–H groups in total. The molecule has 0 aliphatic carbocycles. The second-order valence-electron chi connectivity index (χ2n) is 4.67. The van der Waals surface area contributed by atoms with Gasteiger partial charge in [-0.2, -0.15) is 0 Å². The van der Waals surface area contributed by atoms with E-state index in [2.05, 4.69) is 15.5 Å². The van der Waals surface area contributed by atoms with Crippen LogP contribution in [0.4, 0.5) is 5.69 Å². The number of carbonyl (C=O) groups excluding carboxylic acids is 1. The van der Waals surface area contributed by atoms with Crippen molar-refractivity contribution in [3.05, 3.63) is 30.3 Å². The molecule has 5 heteroatoms. The van der Waals surface area contributed by atoms with Crippen molar-refractivity contribution < 1.29 is 4.79 Å². The lowest BCUT2D eigenvalue weighted by atomic mass is 10.2. The van der Waals surface area contributed by atoms with Gasteiger partial charge in [0.1, 0.15) is 0 Å². The van der Waals surface area contributed by atoms with Crippen molar-refractivity contribution in [3.63, 3.8) is 0 Å². The number of nitrogens with zero attached hydrogens (tertiary/aromatic N) is 1. The third-order valence-corrected chi connectivity index (χ3v) is 3.34. The fraction of sp³-hybridized carbons (Fsp3) is 0.500. The third-order valence-electron chi connectivity index (χ3n) is 3.34. The van der Waals surface area contributed by atoms with Crippen molar-refractivity contribution in [1.29, 1.82) is 0 Å². The summed E-state index contributed by atoms with van der Waals surface area (Å²) in [4.78, 5) is 14.4. The molecule has 2 rings (SSSR count). The molecule has 1 aromatic carbocycles. The van der Waals surface area contributed by atoms with E-state index >= 15 is 0 Å². The molecule has 1 amide bonds. The third kappa shape index (κ3) is 4.82. The first kappa shape index (κ1) is 16.0. The average molecular weight is 284 g/mol. The molecule has 1 aliphatic heterocycles. The van der Waals surface area contributed by atoms with E-state index in [0.29, 0.717) is 0 Å². The molecule has 1 saturated heterocycles. The van der Waals surface area contributed by atoms with Crippen LogP contribution in [-0.4, -0.2) is 43.0 Å². The Bertz CT molecular complexity index is 378. The van der Waals surface area contributed by atoms with E-state index in [1.165, 1.54) is 0 Å². The molecule has 1 aliphatic rings. The van der Waals surface area contributed by atoms with Gasteiger partial charge in [0.25, 0.3) is 0 Å². The molecular weight excluding hydrogens is 262 g/mol. The Labute approximate surface area is 121 Å². The number of carbonyl (C=O) groups is 1. The molecule has 4 nitrogen and oxygen atoms in total. The van der Waals surface area contributed by atoms with Gasteiger partial charge in [0, 0.05) is 25.3 Å². The molecule has 1 aromatic rings. The van der Waals surface area contributed by atoms with Crippen molar-refractivity contribution in [2.45, 2.75) is 19.4 Å². The molecular formula is C14H22ClN3O. The van der Waals surface area contributed by atoms with Gasteiger partial charge in [-0.15, -0.1) is 12.4 Å². The zero-order chi connectivity index (χ0) is 12.8. The predicted molar refractivity (Wildman–Crippen MR) is 80.8 cm³/mol. The zero-order valence-corrected chi connectivity index (χ0v) is 12.1. The summed E-state index contributed by atoms with van der Waals surface area (Å²) in [5.74, 6) is 0.0723. The van der Waals surface area contributed by atoms with Crippen molar-refractivity contribution >= 4 is 24.0 Å². The highest BCUT2D eigenvalue weighted by Gasteiger charge is 2.21. The molecule has 0 bridgehead atoms. The fourth-order valence-corrected chi connectivity index (χ4v) is 2.19. The van der Waals surface area contributed by atoms with Gasteiger partial charge in [-0.1, -0.05) is 18.2 Å². The van der Waals surface area contributed by atoms with E-state index in [4.69, 9.17) is 0 Å². The number of halogens is 1. The monoisotopic (exact) mass is 283 g/mol. The maximum Gasteiger partial charge on any atom is 0.241 e. The van der Waals surface area contributed by atoms with Crippen LogP contribution >= 0.6 is 12.4 Å².